The number of amides is 1. The molecular weight excluding hydrogens is 340 g/mol. The minimum atomic E-state index is 0.0607. The van der Waals surface area contributed by atoms with Gasteiger partial charge >= 0.3 is 0 Å². The predicted octanol–water partition coefficient (Wildman–Crippen LogP) is 3.18. The molecule has 2 aromatic carbocycles. The van der Waals surface area contributed by atoms with E-state index in [9.17, 15) is 9.59 Å². The average molecular weight is 366 g/mol. The van der Waals surface area contributed by atoms with Gasteiger partial charge in [-0.15, -0.1) is 0 Å². The summed E-state index contributed by atoms with van der Waals surface area (Å²) in [5.74, 6) is 1.11. The lowest BCUT2D eigenvalue weighted by Gasteiger charge is -2.36. The summed E-state index contributed by atoms with van der Waals surface area (Å²) in [6.07, 6.45) is 1.19. The maximum Gasteiger partial charge on any atom is 0.223 e. The van der Waals surface area contributed by atoms with Crippen molar-refractivity contribution in [2.24, 2.45) is 0 Å². The van der Waals surface area contributed by atoms with Crippen LogP contribution in [0.5, 0.6) is 5.75 Å². The van der Waals surface area contributed by atoms with E-state index in [1.54, 1.807) is 14.0 Å². The van der Waals surface area contributed by atoms with Crippen molar-refractivity contribution >= 4 is 17.4 Å². The number of rotatable bonds is 6. The van der Waals surface area contributed by atoms with Gasteiger partial charge in [0.1, 0.15) is 5.75 Å². The molecule has 142 valence electrons. The number of hydrogen-bond donors (Lipinski definition) is 0. The molecule has 1 heterocycles. The number of para-hydroxylation sites is 2. The molecule has 0 aromatic heterocycles. The third-order valence-electron chi connectivity index (χ3n) is 5.05. The summed E-state index contributed by atoms with van der Waals surface area (Å²) in [5, 5.41) is 0. The van der Waals surface area contributed by atoms with Gasteiger partial charge in [-0.3, -0.25) is 9.59 Å². The highest BCUT2D eigenvalue weighted by Crippen LogP contribution is 2.28. The van der Waals surface area contributed by atoms with E-state index in [-0.39, 0.29) is 11.7 Å². The first-order valence-corrected chi connectivity index (χ1v) is 9.34. The Labute approximate surface area is 160 Å². The number of carbonyl (C=O) groups excluding carboxylic acids is 2. The van der Waals surface area contributed by atoms with Crippen LogP contribution >= 0.6 is 0 Å². The van der Waals surface area contributed by atoms with Crippen LogP contribution in [0.4, 0.5) is 5.69 Å². The summed E-state index contributed by atoms with van der Waals surface area (Å²) < 4.78 is 5.44. The molecule has 0 atom stereocenters. The number of carbonyl (C=O) groups is 2. The number of nitrogens with zero attached hydrogens (tertiary/aromatic N) is 2. The zero-order chi connectivity index (χ0) is 19.2. The quantitative estimate of drug-likeness (QED) is 0.737. The molecule has 2 aromatic rings. The zero-order valence-corrected chi connectivity index (χ0v) is 16.0. The van der Waals surface area contributed by atoms with Gasteiger partial charge in [0, 0.05) is 38.2 Å². The highest BCUT2D eigenvalue weighted by Gasteiger charge is 2.22. The second-order valence-corrected chi connectivity index (χ2v) is 6.79. The molecule has 0 bridgehead atoms. The Bertz CT molecular complexity index is 793. The van der Waals surface area contributed by atoms with E-state index < -0.39 is 0 Å². The SMILES string of the molecule is COc1ccccc1N1CCN(C(=O)CCc2ccc(C(C)=O)cc2)CC1. The van der Waals surface area contributed by atoms with Gasteiger partial charge in [0.05, 0.1) is 12.8 Å². The molecule has 1 fully saturated rings. The van der Waals surface area contributed by atoms with Crippen molar-refractivity contribution in [3.63, 3.8) is 0 Å². The van der Waals surface area contributed by atoms with E-state index in [0.717, 1.165) is 43.2 Å². The van der Waals surface area contributed by atoms with Gasteiger partial charge in [-0.25, -0.2) is 0 Å². The number of Topliss-reactive ketones (excluding diaryl/α,β-unsaturated/α-hetero) is 1. The Morgan fingerprint density at radius 1 is 0.963 bits per heavy atom. The van der Waals surface area contributed by atoms with Gasteiger partial charge in [-0.1, -0.05) is 36.4 Å². The number of methoxy groups -OCH3 is 1. The fourth-order valence-electron chi connectivity index (χ4n) is 3.40. The summed E-state index contributed by atoms with van der Waals surface area (Å²) in [4.78, 5) is 28.1. The summed E-state index contributed by atoms with van der Waals surface area (Å²) in [6, 6.07) is 15.5. The van der Waals surface area contributed by atoms with Gasteiger partial charge in [-0.2, -0.15) is 0 Å². The topological polar surface area (TPSA) is 49.9 Å². The molecule has 0 saturated carbocycles. The number of anilines is 1. The molecule has 0 spiro atoms. The molecule has 1 aliphatic rings. The number of piperazine rings is 1. The van der Waals surface area contributed by atoms with Gasteiger partial charge < -0.3 is 14.5 Å². The van der Waals surface area contributed by atoms with Crippen LogP contribution in [-0.2, 0) is 11.2 Å². The molecule has 1 saturated heterocycles. The summed E-state index contributed by atoms with van der Waals surface area (Å²) >= 11 is 0. The van der Waals surface area contributed by atoms with Gasteiger partial charge in [0.15, 0.2) is 5.78 Å². The van der Waals surface area contributed by atoms with E-state index in [4.69, 9.17) is 4.74 Å². The van der Waals surface area contributed by atoms with E-state index in [2.05, 4.69) is 11.0 Å². The lowest BCUT2D eigenvalue weighted by Crippen LogP contribution is -2.48. The lowest BCUT2D eigenvalue weighted by molar-refractivity contribution is -0.131. The first-order chi connectivity index (χ1) is 13.1. The molecule has 27 heavy (non-hydrogen) atoms. The zero-order valence-electron chi connectivity index (χ0n) is 16.0. The van der Waals surface area contributed by atoms with Crippen LogP contribution in [0.1, 0.15) is 29.3 Å². The van der Waals surface area contributed by atoms with E-state index >= 15 is 0 Å². The van der Waals surface area contributed by atoms with Crippen molar-refractivity contribution in [1.82, 2.24) is 4.90 Å². The minimum absolute atomic E-state index is 0.0607. The molecule has 0 unspecified atom stereocenters. The second-order valence-electron chi connectivity index (χ2n) is 6.79. The van der Waals surface area contributed by atoms with Crippen LogP contribution in [0.2, 0.25) is 0 Å². The van der Waals surface area contributed by atoms with Crippen molar-refractivity contribution in [2.75, 3.05) is 38.2 Å². The van der Waals surface area contributed by atoms with E-state index in [1.807, 2.05) is 47.4 Å². The highest BCUT2D eigenvalue weighted by molar-refractivity contribution is 5.94. The monoisotopic (exact) mass is 366 g/mol. The highest BCUT2D eigenvalue weighted by atomic mass is 16.5. The fourth-order valence-corrected chi connectivity index (χ4v) is 3.40. The van der Waals surface area contributed by atoms with Crippen LogP contribution in [0.3, 0.4) is 0 Å². The first-order valence-electron chi connectivity index (χ1n) is 9.34. The number of ketones is 1. The average Bonchev–Trinajstić information content (AvgIpc) is 2.72. The van der Waals surface area contributed by atoms with Crippen molar-refractivity contribution in [3.05, 3.63) is 59.7 Å². The lowest BCUT2D eigenvalue weighted by atomic mass is 10.1. The van der Waals surface area contributed by atoms with Crippen LogP contribution < -0.4 is 9.64 Å². The molecule has 3 rings (SSSR count). The van der Waals surface area contributed by atoms with Crippen molar-refractivity contribution in [2.45, 2.75) is 19.8 Å². The Balaban J connectivity index is 1.50. The van der Waals surface area contributed by atoms with Crippen LogP contribution in [0, 0.1) is 0 Å². The van der Waals surface area contributed by atoms with Crippen LogP contribution in [0.15, 0.2) is 48.5 Å². The van der Waals surface area contributed by atoms with Gasteiger partial charge in [0.25, 0.3) is 0 Å². The second kappa shape index (κ2) is 8.71. The summed E-state index contributed by atoms with van der Waals surface area (Å²) in [7, 11) is 1.68. The molecule has 1 aliphatic heterocycles. The predicted molar refractivity (Wildman–Crippen MR) is 107 cm³/mol. The van der Waals surface area contributed by atoms with Crippen molar-refractivity contribution in [1.29, 1.82) is 0 Å². The number of benzene rings is 2. The Hall–Kier alpha value is -2.82. The van der Waals surface area contributed by atoms with E-state index in [1.165, 1.54) is 0 Å². The molecule has 0 N–H and O–H groups in total. The van der Waals surface area contributed by atoms with Gasteiger partial charge in [0.2, 0.25) is 5.91 Å². The maximum atomic E-state index is 12.5. The summed E-state index contributed by atoms with van der Waals surface area (Å²) in [6.45, 7) is 4.61. The Kier molecular flexibility index (Phi) is 6.12. The first kappa shape index (κ1) is 19.0. The number of hydrogen-bond acceptors (Lipinski definition) is 4. The number of aryl methyl sites for hydroxylation is 1. The Morgan fingerprint density at radius 2 is 1.63 bits per heavy atom. The minimum Gasteiger partial charge on any atom is -0.495 e. The van der Waals surface area contributed by atoms with Crippen LogP contribution in [-0.4, -0.2) is 49.9 Å². The summed E-state index contributed by atoms with van der Waals surface area (Å²) in [5.41, 5.74) is 2.87. The molecule has 5 nitrogen and oxygen atoms in total. The maximum absolute atomic E-state index is 12.5. The molecule has 5 heteroatoms. The molecular formula is C22H26N2O3. The number of ether oxygens (including phenoxy) is 1. The van der Waals surface area contributed by atoms with Crippen LogP contribution in [0.25, 0.3) is 0 Å². The van der Waals surface area contributed by atoms with Crippen molar-refractivity contribution < 1.29 is 14.3 Å². The third kappa shape index (κ3) is 4.67. The standard InChI is InChI=1S/C22H26N2O3/c1-17(25)19-10-7-18(8-11-19)9-12-22(26)24-15-13-23(14-16-24)20-5-3-4-6-21(20)27-2/h3-8,10-11H,9,12-16H2,1-2H3. The Morgan fingerprint density at radius 3 is 2.26 bits per heavy atom. The normalized spacial score (nSPS) is 14.1. The fraction of sp³-hybridized carbons (Fsp3) is 0.364. The van der Waals surface area contributed by atoms with Crippen molar-refractivity contribution in [3.8, 4) is 5.75 Å². The van der Waals surface area contributed by atoms with E-state index in [0.29, 0.717) is 18.4 Å². The third-order valence-corrected chi connectivity index (χ3v) is 5.05. The smallest absolute Gasteiger partial charge is 0.223 e. The molecule has 0 radical (unpaired) electrons. The largest absolute Gasteiger partial charge is 0.495 e. The molecule has 0 aliphatic carbocycles. The molecule has 1 amide bonds. The van der Waals surface area contributed by atoms with Gasteiger partial charge in [-0.05, 0) is 31.0 Å².